The van der Waals surface area contributed by atoms with Gasteiger partial charge in [-0.25, -0.2) is 0 Å². The molecule has 0 aliphatic carbocycles. The Hall–Kier alpha value is 1.04. The molecule has 0 spiro atoms. The molecule has 0 amide bonds. The first kappa shape index (κ1) is 7.15. The molecule has 1 aliphatic rings. The predicted molar refractivity (Wildman–Crippen MR) is 40.0 cm³/mol. The van der Waals surface area contributed by atoms with Crippen molar-refractivity contribution in [3.8, 4) is 0 Å². The summed E-state index contributed by atoms with van der Waals surface area (Å²) in [5, 5.41) is 4.66. The van der Waals surface area contributed by atoms with Crippen LogP contribution in [0.5, 0.6) is 0 Å². The Morgan fingerprint density at radius 2 is 2.00 bits per heavy atom. The summed E-state index contributed by atoms with van der Waals surface area (Å²) in [6, 6.07) is 0. The Bertz CT molecular complexity index is 70.6. The van der Waals surface area contributed by atoms with Gasteiger partial charge >= 0.3 is 64.0 Å². The summed E-state index contributed by atoms with van der Waals surface area (Å²) >= 11 is 1.97. The summed E-state index contributed by atoms with van der Waals surface area (Å²) in [7, 11) is 0. The van der Waals surface area contributed by atoms with Gasteiger partial charge in [0.25, 0.3) is 0 Å². The molecule has 0 saturated carbocycles. The van der Waals surface area contributed by atoms with Crippen molar-refractivity contribution in [2.45, 2.75) is 34.1 Å². The van der Waals surface area contributed by atoms with Crippen LogP contribution in [0.15, 0.2) is 0 Å². The van der Waals surface area contributed by atoms with Crippen LogP contribution in [0.3, 0.4) is 0 Å². The van der Waals surface area contributed by atoms with Crippen LogP contribution in [0.25, 0.3) is 0 Å². The first-order valence-electron chi connectivity index (χ1n) is 2.92. The van der Waals surface area contributed by atoms with Crippen molar-refractivity contribution in [3.05, 3.63) is 0 Å². The molecule has 48 valence electrons. The van der Waals surface area contributed by atoms with Gasteiger partial charge in [0, 0.05) is 0 Å². The molecule has 0 nitrogen and oxygen atoms in total. The average molecular weight is 242 g/mol. The van der Waals surface area contributed by atoms with E-state index in [2.05, 4.69) is 13.8 Å². The van der Waals surface area contributed by atoms with Crippen LogP contribution in [-0.2, 0) is 0 Å². The summed E-state index contributed by atoms with van der Waals surface area (Å²) in [6.45, 7) is 4.85. The zero-order valence-corrected chi connectivity index (χ0v) is 8.86. The topological polar surface area (TPSA) is 0 Å². The molecule has 0 aromatic heterocycles. The van der Waals surface area contributed by atoms with E-state index in [4.69, 9.17) is 0 Å². The van der Waals surface area contributed by atoms with Crippen molar-refractivity contribution in [1.82, 2.24) is 0 Å². The minimum atomic E-state index is 0.769. The Kier molecular flexibility index (Phi) is 2.46. The van der Waals surface area contributed by atoms with Gasteiger partial charge in [0.2, 0.25) is 0 Å². The van der Waals surface area contributed by atoms with Crippen molar-refractivity contribution in [3.63, 3.8) is 0 Å². The van der Waals surface area contributed by atoms with E-state index in [1.165, 1.54) is 0 Å². The molecule has 8 heavy (non-hydrogen) atoms. The van der Waals surface area contributed by atoms with Gasteiger partial charge in [0.05, 0.1) is 0 Å². The van der Waals surface area contributed by atoms with Crippen LogP contribution >= 0.6 is 0 Å². The van der Waals surface area contributed by atoms with Gasteiger partial charge < -0.3 is 0 Å². The van der Waals surface area contributed by atoms with E-state index in [9.17, 15) is 0 Å². The number of rotatable bonds is 0. The fraction of sp³-hybridized carbons (Fsp3) is 1.00. The Morgan fingerprint density at radius 1 is 1.25 bits per heavy atom. The van der Waals surface area contributed by atoms with E-state index in [0.29, 0.717) is 0 Å². The third-order valence-electron chi connectivity index (χ3n) is 1.17. The summed E-state index contributed by atoms with van der Waals surface area (Å²) in [6.07, 6.45) is 0. The molecule has 0 atom stereocenters. The zero-order valence-electron chi connectivity index (χ0n) is 5.44. The minimum absolute atomic E-state index is 0.769. The second-order valence-electron chi connectivity index (χ2n) is 2.66. The van der Waals surface area contributed by atoms with Gasteiger partial charge in [-0.2, -0.15) is 0 Å². The van der Waals surface area contributed by atoms with Crippen molar-refractivity contribution in [1.29, 1.82) is 0 Å². The zero-order chi connectivity index (χ0) is 6.04. The molecular weight excluding hydrogens is 230 g/mol. The van der Waals surface area contributed by atoms with Crippen molar-refractivity contribution in [2.75, 3.05) is 0 Å². The molecule has 1 heterocycles. The summed E-state index contributed by atoms with van der Waals surface area (Å²) < 4.78 is 0.769. The van der Waals surface area contributed by atoms with E-state index in [1.807, 2.05) is 0 Å². The average Bonchev–Trinajstić information content (AvgIpc) is 1.65. The third kappa shape index (κ3) is 2.11. The normalized spacial score (nSPS) is 27.8. The number of hydrogen-bond acceptors (Lipinski definition) is 0. The van der Waals surface area contributed by atoms with Gasteiger partial charge in [-0.1, -0.05) is 0 Å². The van der Waals surface area contributed by atoms with Crippen molar-refractivity contribution in [2.24, 2.45) is 0 Å². The molecule has 1 fully saturated rings. The van der Waals surface area contributed by atoms with Crippen LogP contribution in [0.2, 0.25) is 20.3 Å². The van der Waals surface area contributed by atoms with Gasteiger partial charge in [0.1, 0.15) is 0 Å². The van der Waals surface area contributed by atoms with E-state index in [1.54, 1.807) is 16.0 Å². The van der Waals surface area contributed by atoms with Crippen LogP contribution in [0, 0.1) is 0 Å². The summed E-state index contributed by atoms with van der Waals surface area (Å²) in [5.41, 5.74) is 0. The molecule has 0 N–H and O–H groups in total. The number of hydrogen-bond donors (Lipinski definition) is 0. The Balaban J connectivity index is 2.33. The first-order valence-corrected chi connectivity index (χ1v) is 7.41. The van der Waals surface area contributed by atoms with Crippen molar-refractivity contribution < 1.29 is 0 Å². The standard InChI is InChI=1S/C6H12Se2/c1-6(2)5-7-3-4-8-6/h3-5H2,1-2H3. The van der Waals surface area contributed by atoms with E-state index in [-0.39, 0.29) is 0 Å². The fourth-order valence-electron chi connectivity index (χ4n) is 0.737. The summed E-state index contributed by atoms with van der Waals surface area (Å²) in [5.74, 6) is 0. The monoisotopic (exact) mass is 244 g/mol. The molecule has 0 bridgehead atoms. The fourth-order valence-corrected chi connectivity index (χ4v) is 7.84. The van der Waals surface area contributed by atoms with Crippen LogP contribution in [0.1, 0.15) is 13.8 Å². The quantitative estimate of drug-likeness (QED) is 0.569. The second kappa shape index (κ2) is 2.75. The van der Waals surface area contributed by atoms with Crippen LogP contribution < -0.4 is 0 Å². The van der Waals surface area contributed by atoms with Gasteiger partial charge in [-0.3, -0.25) is 0 Å². The third-order valence-corrected chi connectivity index (χ3v) is 9.18. The maximum atomic E-state index is 2.42. The second-order valence-corrected chi connectivity index (χ2v) is 8.76. The maximum absolute atomic E-state index is 2.42. The molecule has 1 rings (SSSR count). The van der Waals surface area contributed by atoms with E-state index < -0.39 is 0 Å². The molecule has 0 aromatic carbocycles. The van der Waals surface area contributed by atoms with Gasteiger partial charge in [-0.05, 0) is 0 Å². The van der Waals surface area contributed by atoms with Crippen LogP contribution in [0.4, 0.5) is 0 Å². The molecule has 0 unspecified atom stereocenters. The molecule has 0 aromatic rings. The van der Waals surface area contributed by atoms with Gasteiger partial charge in [-0.15, -0.1) is 0 Å². The first-order chi connectivity index (χ1) is 3.71. The van der Waals surface area contributed by atoms with Crippen LogP contribution in [-0.4, -0.2) is 29.9 Å². The predicted octanol–water partition coefficient (Wildman–Crippen LogP) is 1.86. The van der Waals surface area contributed by atoms with Gasteiger partial charge in [0.15, 0.2) is 0 Å². The molecule has 1 saturated heterocycles. The van der Waals surface area contributed by atoms with Crippen molar-refractivity contribution >= 4 is 29.9 Å². The molecule has 1 aliphatic heterocycles. The molecular formula is C6H12Se2. The van der Waals surface area contributed by atoms with E-state index >= 15 is 0 Å². The summed E-state index contributed by atoms with van der Waals surface area (Å²) in [4.78, 5) is 0. The molecule has 2 heteroatoms. The SMILES string of the molecule is CC1(C)C[Se]CC[Se]1. The Morgan fingerprint density at radius 3 is 2.25 bits per heavy atom. The van der Waals surface area contributed by atoms with E-state index in [0.717, 1.165) is 34.2 Å². The Labute approximate surface area is 64.1 Å². The molecule has 0 radical (unpaired) electrons.